The van der Waals surface area contributed by atoms with Crippen molar-refractivity contribution in [1.82, 2.24) is 0 Å². The molecule has 0 aliphatic carbocycles. The van der Waals surface area contributed by atoms with Gasteiger partial charge in [-0.05, 0) is 42.3 Å². The van der Waals surface area contributed by atoms with Crippen LogP contribution in [0.1, 0.15) is 45.7 Å². The molecule has 0 fully saturated rings. The molecule has 0 amide bonds. The first-order chi connectivity index (χ1) is 13.9. The molecule has 0 atom stereocenters. The molecule has 29 heavy (non-hydrogen) atoms. The van der Waals surface area contributed by atoms with Crippen molar-refractivity contribution in [3.63, 3.8) is 0 Å². The van der Waals surface area contributed by atoms with Crippen molar-refractivity contribution < 1.29 is 0 Å². The average molecular weight is 383 g/mol. The highest BCUT2D eigenvalue weighted by Gasteiger charge is 2.38. The van der Waals surface area contributed by atoms with Crippen LogP contribution in [0.25, 0.3) is 0 Å². The predicted octanol–water partition coefficient (Wildman–Crippen LogP) is 6.86. The molecule has 0 unspecified atom stereocenters. The monoisotopic (exact) mass is 382 g/mol. The van der Waals surface area contributed by atoms with Gasteiger partial charge in [-0.2, -0.15) is 0 Å². The second-order valence-electron chi connectivity index (χ2n) is 8.82. The molecule has 0 N–H and O–H groups in total. The summed E-state index contributed by atoms with van der Waals surface area (Å²) in [5, 5.41) is 0. The number of benzene rings is 2. The van der Waals surface area contributed by atoms with Gasteiger partial charge in [-0.3, -0.25) is 4.99 Å². The van der Waals surface area contributed by atoms with Gasteiger partial charge in [-0.25, -0.2) is 0 Å². The molecule has 148 valence electrons. The van der Waals surface area contributed by atoms with E-state index in [-0.39, 0.29) is 10.8 Å². The molecule has 0 saturated carbocycles. The Balaban J connectivity index is 1.55. The molecule has 2 aromatic rings. The van der Waals surface area contributed by atoms with Crippen LogP contribution in [-0.4, -0.2) is 12.3 Å². The lowest BCUT2D eigenvalue weighted by molar-refractivity contribution is 0.634. The highest BCUT2D eigenvalue weighted by molar-refractivity contribution is 6.08. The molecule has 0 bridgehead atoms. The van der Waals surface area contributed by atoms with Gasteiger partial charge >= 0.3 is 0 Å². The Kier molecular flexibility index (Phi) is 4.82. The Hall–Kier alpha value is -2.87. The van der Waals surface area contributed by atoms with Gasteiger partial charge in [-0.15, -0.1) is 0 Å². The number of likely N-dealkylation sites (N-methyl/N-ethyl adjacent to an activating group) is 1. The normalized spacial score (nSPS) is 20.5. The minimum atomic E-state index is -0.0481. The summed E-state index contributed by atoms with van der Waals surface area (Å²) in [5.74, 6) is 0. The van der Waals surface area contributed by atoms with E-state index in [2.05, 4.69) is 118 Å². The van der Waals surface area contributed by atoms with Crippen LogP contribution in [-0.2, 0) is 10.8 Å². The Bertz CT molecular complexity index is 1050. The molecule has 2 nitrogen and oxygen atoms in total. The van der Waals surface area contributed by atoms with E-state index in [1.54, 1.807) is 0 Å². The van der Waals surface area contributed by atoms with Gasteiger partial charge in [-0.1, -0.05) is 82.3 Å². The quantitative estimate of drug-likeness (QED) is 0.527. The summed E-state index contributed by atoms with van der Waals surface area (Å²) in [6.07, 6.45) is 10.8. The smallest absolute Gasteiger partial charge is 0.0674 e. The van der Waals surface area contributed by atoms with E-state index in [1.807, 2.05) is 0 Å². The van der Waals surface area contributed by atoms with E-state index in [4.69, 9.17) is 4.99 Å². The fourth-order valence-corrected chi connectivity index (χ4v) is 4.59. The van der Waals surface area contributed by atoms with Crippen LogP contribution in [0.15, 0.2) is 89.6 Å². The van der Waals surface area contributed by atoms with Gasteiger partial charge < -0.3 is 4.90 Å². The first-order valence-corrected chi connectivity index (χ1v) is 10.5. The second-order valence-corrected chi connectivity index (χ2v) is 8.82. The van der Waals surface area contributed by atoms with E-state index in [0.717, 1.165) is 17.9 Å². The number of anilines is 1. The van der Waals surface area contributed by atoms with Crippen LogP contribution >= 0.6 is 0 Å². The molecule has 0 radical (unpaired) electrons. The van der Waals surface area contributed by atoms with Crippen molar-refractivity contribution in [3.8, 4) is 0 Å². The summed E-state index contributed by atoms with van der Waals surface area (Å²) < 4.78 is 0. The zero-order valence-corrected chi connectivity index (χ0v) is 18.1. The average Bonchev–Trinajstić information content (AvgIpc) is 3.09. The third-order valence-electron chi connectivity index (χ3n) is 6.30. The fraction of sp³-hybridized carbons (Fsp3) is 0.296. The van der Waals surface area contributed by atoms with Crippen molar-refractivity contribution in [2.24, 2.45) is 4.99 Å². The minimum Gasteiger partial charge on any atom is -0.344 e. The maximum absolute atomic E-state index is 4.83. The molecule has 4 rings (SSSR count). The first kappa shape index (κ1) is 19.4. The number of nitrogens with zero attached hydrogens (tertiary/aromatic N) is 2. The number of allylic oxidation sites excluding steroid dienone is 6. The van der Waals surface area contributed by atoms with Crippen molar-refractivity contribution in [2.75, 3.05) is 11.4 Å². The molecule has 0 spiro atoms. The lowest BCUT2D eigenvalue weighted by Crippen LogP contribution is -2.25. The van der Waals surface area contributed by atoms with Crippen LogP contribution in [0.3, 0.4) is 0 Å². The molecular formula is C27H30N2. The summed E-state index contributed by atoms with van der Waals surface area (Å²) in [6.45, 7) is 12.3. The standard InChI is InChI=1S/C27H30N2/c1-6-29-23-17-13-11-15-21(23)27(4,5)25(29)19-9-7-8-18-24-26(2,3)20-14-10-12-16-22(20)28-24/h7-19H,6H2,1-5H3/b9-7+,18-8+,25-19-. The molecule has 2 aromatic carbocycles. The number of fused-ring (bicyclic) bond motifs is 2. The van der Waals surface area contributed by atoms with E-state index < -0.39 is 0 Å². The molecule has 2 aliphatic rings. The van der Waals surface area contributed by atoms with Gasteiger partial charge in [0.15, 0.2) is 0 Å². The summed E-state index contributed by atoms with van der Waals surface area (Å²) in [7, 11) is 0. The van der Waals surface area contributed by atoms with E-state index >= 15 is 0 Å². The van der Waals surface area contributed by atoms with Crippen molar-refractivity contribution >= 4 is 17.1 Å². The molecule has 2 aliphatic heterocycles. The number of rotatable bonds is 4. The lowest BCUT2D eigenvalue weighted by Gasteiger charge is -2.25. The van der Waals surface area contributed by atoms with E-state index in [1.165, 1.54) is 22.5 Å². The zero-order valence-electron chi connectivity index (χ0n) is 18.1. The molecule has 2 heteroatoms. The molecular weight excluding hydrogens is 352 g/mol. The van der Waals surface area contributed by atoms with Crippen LogP contribution in [0, 0.1) is 0 Å². The van der Waals surface area contributed by atoms with Crippen LogP contribution in [0.5, 0.6) is 0 Å². The van der Waals surface area contributed by atoms with Gasteiger partial charge in [0.1, 0.15) is 0 Å². The van der Waals surface area contributed by atoms with Crippen LogP contribution < -0.4 is 4.90 Å². The number of aliphatic imine (C=N–C) groups is 1. The number of para-hydroxylation sites is 2. The molecule has 0 aromatic heterocycles. The van der Waals surface area contributed by atoms with Crippen molar-refractivity contribution in [1.29, 1.82) is 0 Å². The van der Waals surface area contributed by atoms with Crippen molar-refractivity contribution in [2.45, 2.75) is 45.4 Å². The summed E-state index contributed by atoms with van der Waals surface area (Å²) in [5.41, 5.74) is 7.54. The number of hydrogen-bond donors (Lipinski definition) is 0. The SMILES string of the molecule is CCN1\C(=C/C=C/C=C/C2=Nc3ccccc3C2(C)C)C(C)(C)c2ccccc21. The van der Waals surface area contributed by atoms with E-state index in [0.29, 0.717) is 0 Å². The maximum atomic E-state index is 4.83. The highest BCUT2D eigenvalue weighted by Crippen LogP contribution is 2.47. The van der Waals surface area contributed by atoms with Gasteiger partial charge in [0.2, 0.25) is 0 Å². The maximum Gasteiger partial charge on any atom is 0.0674 e. The number of hydrogen-bond acceptors (Lipinski definition) is 2. The highest BCUT2D eigenvalue weighted by atomic mass is 15.2. The minimum absolute atomic E-state index is 0.0137. The second kappa shape index (κ2) is 7.18. The van der Waals surface area contributed by atoms with Gasteiger partial charge in [0.05, 0.1) is 11.4 Å². The Morgan fingerprint density at radius 3 is 2.24 bits per heavy atom. The summed E-state index contributed by atoms with van der Waals surface area (Å²) in [6, 6.07) is 17.2. The van der Waals surface area contributed by atoms with Crippen molar-refractivity contribution in [3.05, 3.63) is 95.7 Å². The third kappa shape index (κ3) is 3.17. The fourth-order valence-electron chi connectivity index (χ4n) is 4.59. The van der Waals surface area contributed by atoms with Gasteiger partial charge in [0, 0.05) is 28.8 Å². The first-order valence-electron chi connectivity index (χ1n) is 10.5. The zero-order chi connectivity index (χ0) is 20.6. The van der Waals surface area contributed by atoms with Crippen LogP contribution in [0.4, 0.5) is 11.4 Å². The lowest BCUT2D eigenvalue weighted by atomic mass is 9.81. The summed E-state index contributed by atoms with van der Waals surface area (Å²) in [4.78, 5) is 7.25. The van der Waals surface area contributed by atoms with E-state index in [9.17, 15) is 0 Å². The summed E-state index contributed by atoms with van der Waals surface area (Å²) >= 11 is 0. The van der Waals surface area contributed by atoms with Gasteiger partial charge in [0.25, 0.3) is 0 Å². The Labute approximate surface area is 175 Å². The largest absolute Gasteiger partial charge is 0.344 e. The predicted molar refractivity (Wildman–Crippen MR) is 125 cm³/mol. The molecule has 0 saturated heterocycles. The third-order valence-corrected chi connectivity index (χ3v) is 6.30. The Morgan fingerprint density at radius 2 is 1.52 bits per heavy atom. The Morgan fingerprint density at radius 1 is 0.828 bits per heavy atom. The molecule has 2 heterocycles. The topological polar surface area (TPSA) is 15.6 Å². The van der Waals surface area contributed by atoms with Crippen LogP contribution in [0.2, 0.25) is 0 Å².